The van der Waals surface area contributed by atoms with Gasteiger partial charge < -0.3 is 15.5 Å². The molecule has 0 unspecified atom stereocenters. The van der Waals surface area contributed by atoms with Gasteiger partial charge in [-0.1, -0.05) is 15.9 Å². The Morgan fingerprint density at radius 3 is 1.69 bits per heavy atom. The first kappa shape index (κ1) is 13.5. The minimum atomic E-state index is 0.830. The van der Waals surface area contributed by atoms with Gasteiger partial charge in [0.2, 0.25) is 0 Å². The molecular formula is C12H20BrN3. The average Bonchev–Trinajstić information content (AvgIpc) is 2.11. The Hall–Kier alpha value is -0.580. The lowest BCUT2D eigenvalue weighted by Gasteiger charge is -2.17. The van der Waals surface area contributed by atoms with Gasteiger partial charge in [-0.15, -0.1) is 0 Å². The number of halogens is 1. The number of nitrogens with zero attached hydrogens (tertiary/aromatic N) is 2. The Morgan fingerprint density at radius 2 is 1.38 bits per heavy atom. The van der Waals surface area contributed by atoms with Crippen molar-refractivity contribution in [2.75, 3.05) is 33.9 Å². The summed E-state index contributed by atoms with van der Waals surface area (Å²) in [6.45, 7) is 1.79. The quantitative estimate of drug-likeness (QED) is 0.861. The summed E-state index contributed by atoms with van der Waals surface area (Å²) in [4.78, 5) is 4.28. The standard InChI is InChI=1S/C12H20BrN3/c1-15(2)7-9-5-11(14)6-10(12(9)13)8-16(3)4/h5-6H,7-8,14H2,1-4H3. The lowest BCUT2D eigenvalue weighted by Crippen LogP contribution is -2.15. The van der Waals surface area contributed by atoms with Crippen molar-refractivity contribution in [1.82, 2.24) is 9.80 Å². The van der Waals surface area contributed by atoms with Crippen LogP contribution >= 0.6 is 15.9 Å². The molecule has 1 rings (SSSR count). The topological polar surface area (TPSA) is 32.5 Å². The first-order chi connectivity index (χ1) is 7.40. The highest BCUT2D eigenvalue weighted by atomic mass is 79.9. The zero-order valence-corrected chi connectivity index (χ0v) is 12.0. The summed E-state index contributed by atoms with van der Waals surface area (Å²) in [5.74, 6) is 0. The molecule has 0 bridgehead atoms. The van der Waals surface area contributed by atoms with Crippen LogP contribution in [0.3, 0.4) is 0 Å². The van der Waals surface area contributed by atoms with E-state index >= 15 is 0 Å². The summed E-state index contributed by atoms with van der Waals surface area (Å²) >= 11 is 3.66. The fraction of sp³-hybridized carbons (Fsp3) is 0.500. The molecule has 0 spiro atoms. The first-order valence-electron chi connectivity index (χ1n) is 5.26. The zero-order valence-electron chi connectivity index (χ0n) is 10.4. The number of hydrogen-bond donors (Lipinski definition) is 1. The lowest BCUT2D eigenvalue weighted by molar-refractivity contribution is 0.394. The third-order valence-corrected chi connectivity index (χ3v) is 3.24. The number of hydrogen-bond acceptors (Lipinski definition) is 3. The van der Waals surface area contributed by atoms with E-state index in [4.69, 9.17) is 5.73 Å². The minimum Gasteiger partial charge on any atom is -0.399 e. The molecule has 1 aromatic rings. The van der Waals surface area contributed by atoms with Crippen LogP contribution in [0.2, 0.25) is 0 Å². The second-order valence-corrected chi connectivity index (χ2v) is 5.42. The summed E-state index contributed by atoms with van der Waals surface area (Å²) in [5.41, 5.74) is 9.23. The van der Waals surface area contributed by atoms with Gasteiger partial charge in [-0.3, -0.25) is 0 Å². The van der Waals surface area contributed by atoms with E-state index in [-0.39, 0.29) is 0 Å². The molecule has 0 atom stereocenters. The highest BCUT2D eigenvalue weighted by Gasteiger charge is 2.09. The van der Waals surface area contributed by atoms with Gasteiger partial charge >= 0.3 is 0 Å². The Labute approximate surface area is 106 Å². The van der Waals surface area contributed by atoms with Crippen molar-refractivity contribution in [3.05, 3.63) is 27.7 Å². The van der Waals surface area contributed by atoms with Gasteiger partial charge in [0.05, 0.1) is 0 Å². The molecule has 0 heterocycles. The van der Waals surface area contributed by atoms with Crippen molar-refractivity contribution in [2.24, 2.45) is 0 Å². The van der Waals surface area contributed by atoms with E-state index in [1.165, 1.54) is 15.6 Å². The van der Waals surface area contributed by atoms with Crippen LogP contribution in [0.5, 0.6) is 0 Å². The Bertz CT molecular complexity index is 330. The third-order valence-electron chi connectivity index (χ3n) is 2.22. The summed E-state index contributed by atoms with van der Waals surface area (Å²) in [6, 6.07) is 4.06. The molecule has 0 aromatic heterocycles. The molecule has 0 aliphatic rings. The Balaban J connectivity index is 3.05. The number of benzene rings is 1. The molecular weight excluding hydrogens is 266 g/mol. The number of nitrogens with two attached hydrogens (primary N) is 1. The van der Waals surface area contributed by atoms with Gasteiger partial charge in [0.1, 0.15) is 0 Å². The van der Waals surface area contributed by atoms with E-state index in [0.717, 1.165) is 18.8 Å². The van der Waals surface area contributed by atoms with Crippen molar-refractivity contribution >= 4 is 21.6 Å². The summed E-state index contributed by atoms with van der Waals surface area (Å²) in [6.07, 6.45) is 0. The van der Waals surface area contributed by atoms with E-state index in [1.807, 2.05) is 12.1 Å². The van der Waals surface area contributed by atoms with E-state index in [0.29, 0.717) is 0 Å². The maximum absolute atomic E-state index is 5.92. The summed E-state index contributed by atoms with van der Waals surface area (Å²) < 4.78 is 1.17. The predicted molar refractivity (Wildman–Crippen MR) is 73.3 cm³/mol. The molecule has 0 saturated heterocycles. The summed E-state index contributed by atoms with van der Waals surface area (Å²) in [5, 5.41) is 0. The van der Waals surface area contributed by atoms with Crippen LogP contribution in [0, 0.1) is 0 Å². The third kappa shape index (κ3) is 3.77. The van der Waals surface area contributed by atoms with Crippen LogP contribution in [0.1, 0.15) is 11.1 Å². The molecule has 0 radical (unpaired) electrons. The second kappa shape index (κ2) is 5.66. The highest BCUT2D eigenvalue weighted by molar-refractivity contribution is 9.10. The number of nitrogen functional groups attached to an aromatic ring is 1. The fourth-order valence-electron chi connectivity index (χ4n) is 1.69. The first-order valence-corrected chi connectivity index (χ1v) is 6.05. The van der Waals surface area contributed by atoms with Crippen LogP contribution in [-0.2, 0) is 13.1 Å². The van der Waals surface area contributed by atoms with Gasteiger partial charge in [0.25, 0.3) is 0 Å². The van der Waals surface area contributed by atoms with Crippen LogP contribution in [0.4, 0.5) is 5.69 Å². The molecule has 2 N–H and O–H groups in total. The molecule has 0 aliphatic carbocycles. The van der Waals surface area contributed by atoms with E-state index in [9.17, 15) is 0 Å². The molecule has 3 nitrogen and oxygen atoms in total. The summed E-state index contributed by atoms with van der Waals surface area (Å²) in [7, 11) is 8.23. The molecule has 0 saturated carbocycles. The minimum absolute atomic E-state index is 0.830. The number of rotatable bonds is 4. The van der Waals surface area contributed by atoms with Crippen LogP contribution in [0.25, 0.3) is 0 Å². The maximum Gasteiger partial charge on any atom is 0.0321 e. The molecule has 0 fully saturated rings. The molecule has 0 aliphatic heterocycles. The van der Waals surface area contributed by atoms with Gasteiger partial charge in [-0.25, -0.2) is 0 Å². The Kier molecular flexibility index (Phi) is 4.77. The Morgan fingerprint density at radius 1 is 1.00 bits per heavy atom. The molecule has 0 amide bonds. The van der Waals surface area contributed by atoms with Crippen molar-refractivity contribution in [3.8, 4) is 0 Å². The number of anilines is 1. The zero-order chi connectivity index (χ0) is 12.3. The maximum atomic E-state index is 5.92. The van der Waals surface area contributed by atoms with Crippen molar-refractivity contribution in [1.29, 1.82) is 0 Å². The molecule has 16 heavy (non-hydrogen) atoms. The van der Waals surface area contributed by atoms with Crippen LogP contribution in [0.15, 0.2) is 16.6 Å². The lowest BCUT2D eigenvalue weighted by atomic mass is 10.1. The van der Waals surface area contributed by atoms with E-state index in [1.54, 1.807) is 0 Å². The van der Waals surface area contributed by atoms with E-state index in [2.05, 4.69) is 53.9 Å². The normalized spacial score (nSPS) is 11.4. The van der Waals surface area contributed by atoms with Crippen molar-refractivity contribution in [2.45, 2.75) is 13.1 Å². The fourth-order valence-corrected chi connectivity index (χ4v) is 2.17. The highest BCUT2D eigenvalue weighted by Crippen LogP contribution is 2.26. The SMILES string of the molecule is CN(C)Cc1cc(N)cc(CN(C)C)c1Br. The average molecular weight is 286 g/mol. The second-order valence-electron chi connectivity index (χ2n) is 4.63. The molecule has 90 valence electrons. The van der Waals surface area contributed by atoms with E-state index < -0.39 is 0 Å². The predicted octanol–water partition coefficient (Wildman–Crippen LogP) is 2.15. The van der Waals surface area contributed by atoms with Crippen molar-refractivity contribution in [3.63, 3.8) is 0 Å². The largest absolute Gasteiger partial charge is 0.399 e. The van der Waals surface area contributed by atoms with Gasteiger partial charge in [0, 0.05) is 23.2 Å². The van der Waals surface area contributed by atoms with Gasteiger partial charge in [0.15, 0.2) is 0 Å². The van der Waals surface area contributed by atoms with Gasteiger partial charge in [-0.2, -0.15) is 0 Å². The van der Waals surface area contributed by atoms with Gasteiger partial charge in [-0.05, 0) is 51.5 Å². The molecule has 4 heteroatoms. The van der Waals surface area contributed by atoms with Crippen molar-refractivity contribution < 1.29 is 0 Å². The molecule has 1 aromatic carbocycles. The van der Waals surface area contributed by atoms with Crippen LogP contribution < -0.4 is 5.73 Å². The van der Waals surface area contributed by atoms with Crippen LogP contribution in [-0.4, -0.2) is 38.0 Å². The monoisotopic (exact) mass is 285 g/mol. The smallest absolute Gasteiger partial charge is 0.0321 e.